The molecule has 7 nitrogen and oxygen atoms in total. The molecule has 1 fully saturated rings. The minimum absolute atomic E-state index is 0.273. The van der Waals surface area contributed by atoms with E-state index in [9.17, 15) is 0 Å². The van der Waals surface area contributed by atoms with E-state index in [-0.39, 0.29) is 5.28 Å². The van der Waals surface area contributed by atoms with E-state index < -0.39 is 0 Å². The Morgan fingerprint density at radius 3 is 2.37 bits per heavy atom. The lowest BCUT2D eigenvalue weighted by atomic mass is 10.1. The maximum Gasteiger partial charge on any atom is 0.225 e. The van der Waals surface area contributed by atoms with E-state index in [4.69, 9.17) is 16.3 Å². The number of methoxy groups -OCH3 is 1. The molecule has 0 aliphatic carbocycles. The second kappa shape index (κ2) is 8.04. The van der Waals surface area contributed by atoms with Crippen LogP contribution in [0.25, 0.3) is 21.3 Å². The number of rotatable bonds is 4. The summed E-state index contributed by atoms with van der Waals surface area (Å²) in [5.41, 5.74) is 2.21. The first-order chi connectivity index (χ1) is 14.7. The number of nitrogens with zero attached hydrogens (tertiary/aromatic N) is 6. The Hall–Kier alpha value is -2.97. The fourth-order valence-corrected chi connectivity index (χ4v) is 4.84. The van der Waals surface area contributed by atoms with Crippen LogP contribution >= 0.6 is 22.9 Å². The third-order valence-corrected chi connectivity index (χ3v) is 6.24. The third kappa shape index (κ3) is 3.53. The molecule has 9 heteroatoms. The predicted octanol–water partition coefficient (Wildman–Crippen LogP) is 4.14. The van der Waals surface area contributed by atoms with Crippen LogP contribution in [-0.4, -0.2) is 53.2 Å². The van der Waals surface area contributed by atoms with Gasteiger partial charge < -0.3 is 14.5 Å². The molecular weight excluding hydrogens is 420 g/mol. The summed E-state index contributed by atoms with van der Waals surface area (Å²) < 4.78 is 5.29. The number of fused-ring (bicyclic) bond motifs is 1. The number of anilines is 2. The smallest absolute Gasteiger partial charge is 0.225 e. The normalized spacial score (nSPS) is 14.3. The average Bonchev–Trinajstić information content (AvgIpc) is 3.23. The van der Waals surface area contributed by atoms with E-state index in [1.807, 2.05) is 18.2 Å². The van der Waals surface area contributed by atoms with Crippen molar-refractivity contribution in [1.82, 2.24) is 19.9 Å². The number of halogens is 1. The van der Waals surface area contributed by atoms with E-state index in [0.717, 1.165) is 65.0 Å². The quantitative estimate of drug-likeness (QED) is 0.443. The van der Waals surface area contributed by atoms with Gasteiger partial charge in [-0.2, -0.15) is 4.98 Å². The van der Waals surface area contributed by atoms with Crippen molar-refractivity contribution in [2.24, 2.45) is 0 Å². The van der Waals surface area contributed by atoms with E-state index in [1.165, 1.54) is 0 Å². The van der Waals surface area contributed by atoms with Gasteiger partial charge in [0, 0.05) is 49.5 Å². The highest BCUT2D eigenvalue weighted by atomic mass is 35.5. The highest BCUT2D eigenvalue weighted by molar-refractivity contribution is 7.17. The Kier molecular flexibility index (Phi) is 5.10. The lowest BCUT2D eigenvalue weighted by Gasteiger charge is -2.35. The highest BCUT2D eigenvalue weighted by Crippen LogP contribution is 2.39. The fraction of sp³-hybridized carbons (Fsp3) is 0.238. The summed E-state index contributed by atoms with van der Waals surface area (Å²) in [7, 11) is 1.67. The van der Waals surface area contributed by atoms with Crippen LogP contribution in [0.3, 0.4) is 0 Å². The second-order valence-electron chi connectivity index (χ2n) is 6.90. The van der Waals surface area contributed by atoms with Gasteiger partial charge in [-0.25, -0.2) is 15.0 Å². The molecule has 0 radical (unpaired) electrons. The van der Waals surface area contributed by atoms with Crippen molar-refractivity contribution in [3.63, 3.8) is 0 Å². The van der Waals surface area contributed by atoms with Crippen molar-refractivity contribution in [3.05, 3.63) is 53.4 Å². The minimum atomic E-state index is 0.273. The lowest BCUT2D eigenvalue weighted by Crippen LogP contribution is -2.47. The van der Waals surface area contributed by atoms with E-state index in [2.05, 4.69) is 47.2 Å². The van der Waals surface area contributed by atoms with Crippen LogP contribution in [0.5, 0.6) is 5.75 Å². The highest BCUT2D eigenvalue weighted by Gasteiger charge is 2.24. The molecule has 0 N–H and O–H groups in total. The number of hydrogen-bond donors (Lipinski definition) is 0. The van der Waals surface area contributed by atoms with Crippen molar-refractivity contribution in [2.75, 3.05) is 43.1 Å². The average molecular weight is 439 g/mol. The standard InChI is InChI=1S/C21H19ClN6OS/c1-29-15-5-3-14(4-6-15)16-13-30-19-17(16)18(25-20(22)26-19)27-9-11-28(12-10-27)21-23-7-2-8-24-21/h2-8,13H,9-12H2,1H3. The Balaban J connectivity index is 1.49. The molecule has 4 heterocycles. The maximum absolute atomic E-state index is 6.27. The second-order valence-corrected chi connectivity index (χ2v) is 8.09. The summed E-state index contributed by atoms with van der Waals surface area (Å²) in [6, 6.07) is 9.88. The first kappa shape index (κ1) is 19.0. The van der Waals surface area contributed by atoms with Gasteiger partial charge in [-0.1, -0.05) is 12.1 Å². The topological polar surface area (TPSA) is 67.3 Å². The largest absolute Gasteiger partial charge is 0.497 e. The number of hydrogen-bond acceptors (Lipinski definition) is 8. The summed E-state index contributed by atoms with van der Waals surface area (Å²) in [5, 5.41) is 3.43. The lowest BCUT2D eigenvalue weighted by molar-refractivity contribution is 0.415. The molecule has 1 aliphatic rings. The number of ether oxygens (including phenoxy) is 1. The van der Waals surface area contributed by atoms with Crippen LogP contribution in [0.15, 0.2) is 48.1 Å². The molecule has 0 saturated carbocycles. The van der Waals surface area contributed by atoms with Crippen LogP contribution in [0.1, 0.15) is 0 Å². The molecule has 0 bridgehead atoms. The van der Waals surface area contributed by atoms with Gasteiger partial charge >= 0.3 is 0 Å². The zero-order valence-corrected chi connectivity index (χ0v) is 17.9. The summed E-state index contributed by atoms with van der Waals surface area (Å²) >= 11 is 7.86. The van der Waals surface area contributed by atoms with Crippen LogP contribution < -0.4 is 14.5 Å². The van der Waals surface area contributed by atoms with Crippen LogP contribution in [0.2, 0.25) is 5.28 Å². The van der Waals surface area contributed by atoms with Crippen LogP contribution in [0, 0.1) is 0 Å². The van der Waals surface area contributed by atoms with Gasteiger partial charge in [0.1, 0.15) is 16.4 Å². The van der Waals surface area contributed by atoms with Gasteiger partial charge in [-0.15, -0.1) is 11.3 Å². The van der Waals surface area contributed by atoms with Gasteiger partial charge in [0.25, 0.3) is 0 Å². The summed E-state index contributed by atoms with van der Waals surface area (Å²) in [6.45, 7) is 3.24. The van der Waals surface area contributed by atoms with Crippen molar-refractivity contribution in [2.45, 2.75) is 0 Å². The first-order valence-electron chi connectivity index (χ1n) is 9.59. The molecule has 5 rings (SSSR count). The molecule has 1 aromatic carbocycles. The van der Waals surface area contributed by atoms with Crippen molar-refractivity contribution >= 4 is 44.9 Å². The number of aromatic nitrogens is 4. The Morgan fingerprint density at radius 2 is 1.67 bits per heavy atom. The zero-order valence-electron chi connectivity index (χ0n) is 16.3. The number of thiophene rings is 1. The van der Waals surface area contributed by atoms with Gasteiger partial charge in [0.05, 0.1) is 12.5 Å². The molecule has 4 aromatic rings. The maximum atomic E-state index is 6.27. The molecule has 1 aliphatic heterocycles. The van der Waals surface area contributed by atoms with Crippen molar-refractivity contribution in [1.29, 1.82) is 0 Å². The summed E-state index contributed by atoms with van der Waals surface area (Å²) in [6.07, 6.45) is 3.55. The summed E-state index contributed by atoms with van der Waals surface area (Å²) in [5.74, 6) is 2.47. The molecule has 0 amide bonds. The van der Waals surface area contributed by atoms with E-state index in [0.29, 0.717) is 0 Å². The predicted molar refractivity (Wildman–Crippen MR) is 121 cm³/mol. The Morgan fingerprint density at radius 1 is 0.967 bits per heavy atom. The van der Waals surface area contributed by atoms with Crippen LogP contribution in [0.4, 0.5) is 11.8 Å². The Bertz CT molecular complexity index is 1160. The van der Waals surface area contributed by atoms with Gasteiger partial charge in [-0.3, -0.25) is 0 Å². The molecule has 1 saturated heterocycles. The monoisotopic (exact) mass is 438 g/mol. The molecule has 0 atom stereocenters. The molecule has 0 spiro atoms. The molecule has 3 aromatic heterocycles. The molecule has 30 heavy (non-hydrogen) atoms. The third-order valence-electron chi connectivity index (χ3n) is 5.20. The Labute approximate surface area is 183 Å². The molecule has 152 valence electrons. The van der Waals surface area contributed by atoms with Gasteiger partial charge in [-0.05, 0) is 35.4 Å². The minimum Gasteiger partial charge on any atom is -0.497 e. The fourth-order valence-electron chi connectivity index (χ4n) is 3.68. The summed E-state index contributed by atoms with van der Waals surface area (Å²) in [4.78, 5) is 23.2. The SMILES string of the molecule is COc1ccc(-c2csc3nc(Cl)nc(N4CCN(c5ncccn5)CC4)c23)cc1. The first-order valence-corrected chi connectivity index (χ1v) is 10.8. The molecule has 0 unspecified atom stereocenters. The van der Waals surface area contributed by atoms with Gasteiger partial charge in [0.15, 0.2) is 0 Å². The van der Waals surface area contributed by atoms with E-state index in [1.54, 1.807) is 30.8 Å². The zero-order chi connectivity index (χ0) is 20.5. The van der Waals surface area contributed by atoms with E-state index >= 15 is 0 Å². The van der Waals surface area contributed by atoms with Gasteiger partial charge in [0.2, 0.25) is 11.2 Å². The molecular formula is C21H19ClN6OS. The van der Waals surface area contributed by atoms with Crippen molar-refractivity contribution < 1.29 is 4.74 Å². The van der Waals surface area contributed by atoms with Crippen molar-refractivity contribution in [3.8, 4) is 16.9 Å². The number of benzene rings is 1. The number of piperazine rings is 1. The van der Waals surface area contributed by atoms with Crippen LogP contribution in [-0.2, 0) is 0 Å².